The Labute approximate surface area is 299 Å². The predicted octanol–water partition coefficient (Wildman–Crippen LogP) is 14.2. The van der Waals surface area contributed by atoms with Crippen molar-refractivity contribution in [2.24, 2.45) is 0 Å². The van der Waals surface area contributed by atoms with Crippen molar-refractivity contribution >= 4 is 49.4 Å². The third-order valence-corrected chi connectivity index (χ3v) is 10.3. The summed E-state index contributed by atoms with van der Waals surface area (Å²) in [6, 6.07) is 68.7. The molecule has 9 aromatic rings. The Morgan fingerprint density at radius 2 is 0.824 bits per heavy atom. The van der Waals surface area contributed by atoms with Gasteiger partial charge in [0.2, 0.25) is 0 Å². The largest absolute Gasteiger partial charge is 0.309 e. The van der Waals surface area contributed by atoms with Crippen LogP contribution in [0.25, 0.3) is 65.7 Å². The van der Waals surface area contributed by atoms with Gasteiger partial charge in [0.05, 0.1) is 11.4 Å². The Morgan fingerprint density at radius 1 is 0.314 bits per heavy atom. The highest BCUT2D eigenvalue weighted by Crippen LogP contribution is 2.45. The minimum absolute atomic E-state index is 1.12. The molecule has 0 N–H and O–H groups in total. The number of hydrogen-bond acceptors (Lipinski definition) is 1. The summed E-state index contributed by atoms with van der Waals surface area (Å²) in [7, 11) is 0. The molecule has 242 valence electrons. The average Bonchev–Trinajstić information content (AvgIpc) is 3.20. The van der Waals surface area contributed by atoms with Crippen molar-refractivity contribution < 1.29 is 0 Å². The van der Waals surface area contributed by atoms with Gasteiger partial charge in [0, 0.05) is 16.5 Å². The molecule has 9 rings (SSSR count). The molecule has 0 aliphatic carbocycles. The van der Waals surface area contributed by atoms with E-state index < -0.39 is 0 Å². The van der Waals surface area contributed by atoms with Crippen LogP contribution in [-0.2, 0) is 0 Å². The summed E-state index contributed by atoms with van der Waals surface area (Å²) >= 11 is 0. The maximum Gasteiger partial charge on any atom is 0.0540 e. The van der Waals surface area contributed by atoms with Crippen molar-refractivity contribution in [2.45, 2.75) is 13.8 Å². The summed E-state index contributed by atoms with van der Waals surface area (Å²) in [4.78, 5) is 2.46. The van der Waals surface area contributed by atoms with Gasteiger partial charge in [0.1, 0.15) is 0 Å². The smallest absolute Gasteiger partial charge is 0.0540 e. The zero-order valence-corrected chi connectivity index (χ0v) is 28.8. The molecule has 0 amide bonds. The van der Waals surface area contributed by atoms with E-state index in [0.29, 0.717) is 0 Å². The van der Waals surface area contributed by atoms with Gasteiger partial charge in [-0.15, -0.1) is 0 Å². The van der Waals surface area contributed by atoms with E-state index in [0.717, 1.165) is 17.1 Å². The van der Waals surface area contributed by atoms with Gasteiger partial charge in [-0.2, -0.15) is 0 Å². The van der Waals surface area contributed by atoms with Crippen LogP contribution in [0.2, 0.25) is 0 Å². The first-order chi connectivity index (χ1) is 25.1. The van der Waals surface area contributed by atoms with E-state index in [2.05, 4.69) is 207 Å². The van der Waals surface area contributed by atoms with Crippen LogP contribution in [0.4, 0.5) is 17.1 Å². The number of hydrogen-bond donors (Lipinski definition) is 0. The van der Waals surface area contributed by atoms with Gasteiger partial charge < -0.3 is 4.90 Å². The molecule has 0 fully saturated rings. The van der Waals surface area contributed by atoms with Crippen molar-refractivity contribution in [1.29, 1.82) is 0 Å². The molecule has 9 aromatic carbocycles. The minimum atomic E-state index is 1.12. The lowest BCUT2D eigenvalue weighted by molar-refractivity contribution is 1.30. The number of aryl methyl sites for hydroxylation is 2. The van der Waals surface area contributed by atoms with Crippen LogP contribution in [0.3, 0.4) is 0 Å². The Morgan fingerprint density at radius 3 is 1.47 bits per heavy atom. The second kappa shape index (κ2) is 12.8. The first kappa shape index (κ1) is 30.6. The molecular weight excluding hydrogens is 615 g/mol. The van der Waals surface area contributed by atoms with Crippen LogP contribution < -0.4 is 4.90 Å². The quantitative estimate of drug-likeness (QED) is 0.173. The van der Waals surface area contributed by atoms with Crippen LogP contribution in [-0.4, -0.2) is 0 Å². The van der Waals surface area contributed by atoms with E-state index in [1.54, 1.807) is 0 Å². The summed E-state index contributed by atoms with van der Waals surface area (Å²) in [5.74, 6) is 0. The fourth-order valence-electron chi connectivity index (χ4n) is 7.66. The Balaban J connectivity index is 1.23. The average molecular weight is 652 g/mol. The molecule has 0 bridgehead atoms. The van der Waals surface area contributed by atoms with Crippen LogP contribution in [0.1, 0.15) is 11.1 Å². The molecule has 0 atom stereocenters. The Hall–Kier alpha value is -6.44. The van der Waals surface area contributed by atoms with Gasteiger partial charge in [0.15, 0.2) is 0 Å². The molecule has 0 unspecified atom stereocenters. The molecule has 0 aliphatic heterocycles. The zero-order chi connectivity index (χ0) is 34.3. The summed E-state index contributed by atoms with van der Waals surface area (Å²) in [6.07, 6.45) is 0. The van der Waals surface area contributed by atoms with Crippen LogP contribution in [0.5, 0.6) is 0 Å². The van der Waals surface area contributed by atoms with E-state index in [-0.39, 0.29) is 0 Å². The van der Waals surface area contributed by atoms with Crippen LogP contribution in [0, 0.1) is 13.8 Å². The standard InChI is InChI=1S/C50H37N/c1-34-20-30-49(46-18-10-8-16-43(34)46)51(50-31-21-35(2)44-17-9-11-19-47(44)50)42-28-29-45(48(33-42)38-13-4-3-5-14-38)39-25-22-37(23-26-39)41-27-24-36-12-6-7-15-40(36)32-41/h3-33H,1-2H3. The summed E-state index contributed by atoms with van der Waals surface area (Å²) in [5.41, 5.74) is 13.2. The first-order valence-corrected chi connectivity index (χ1v) is 17.7. The van der Waals surface area contributed by atoms with E-state index in [1.165, 1.54) is 76.8 Å². The molecule has 0 aromatic heterocycles. The van der Waals surface area contributed by atoms with Crippen molar-refractivity contribution in [2.75, 3.05) is 4.90 Å². The van der Waals surface area contributed by atoms with Crippen LogP contribution >= 0.6 is 0 Å². The number of rotatable bonds is 6. The van der Waals surface area contributed by atoms with Gasteiger partial charge in [-0.25, -0.2) is 0 Å². The fourth-order valence-corrected chi connectivity index (χ4v) is 7.66. The summed E-state index contributed by atoms with van der Waals surface area (Å²) in [6.45, 7) is 4.40. The number of fused-ring (bicyclic) bond motifs is 3. The minimum Gasteiger partial charge on any atom is -0.309 e. The third kappa shape index (κ3) is 5.54. The number of anilines is 3. The normalized spacial score (nSPS) is 11.3. The fraction of sp³-hybridized carbons (Fsp3) is 0.0400. The molecule has 0 saturated heterocycles. The molecule has 0 heterocycles. The molecule has 0 radical (unpaired) electrons. The Kier molecular flexibility index (Phi) is 7.67. The van der Waals surface area contributed by atoms with Gasteiger partial charge in [0.25, 0.3) is 0 Å². The highest BCUT2D eigenvalue weighted by Gasteiger charge is 2.21. The molecule has 1 heteroatoms. The number of benzene rings is 9. The maximum absolute atomic E-state index is 2.46. The third-order valence-electron chi connectivity index (χ3n) is 10.3. The SMILES string of the molecule is Cc1ccc(N(c2ccc(-c3ccc(-c4ccc5ccccc5c4)cc3)c(-c3ccccc3)c2)c2ccc(C)c3ccccc23)c2ccccc12. The van der Waals surface area contributed by atoms with Gasteiger partial charge in [-0.1, -0.05) is 158 Å². The summed E-state index contributed by atoms with van der Waals surface area (Å²) in [5, 5.41) is 7.52. The first-order valence-electron chi connectivity index (χ1n) is 17.7. The monoisotopic (exact) mass is 651 g/mol. The molecule has 1 nitrogen and oxygen atoms in total. The molecule has 51 heavy (non-hydrogen) atoms. The lowest BCUT2D eigenvalue weighted by Gasteiger charge is -2.29. The highest BCUT2D eigenvalue weighted by molar-refractivity contribution is 6.06. The Bertz CT molecular complexity index is 2620. The molecular formula is C50H37N. The zero-order valence-electron chi connectivity index (χ0n) is 28.8. The van der Waals surface area contributed by atoms with Crippen molar-refractivity contribution in [3.8, 4) is 33.4 Å². The second-order valence-corrected chi connectivity index (χ2v) is 13.5. The van der Waals surface area contributed by atoms with Gasteiger partial charge in [-0.3, -0.25) is 0 Å². The second-order valence-electron chi connectivity index (χ2n) is 13.5. The topological polar surface area (TPSA) is 3.24 Å². The number of nitrogens with zero attached hydrogens (tertiary/aromatic N) is 1. The van der Waals surface area contributed by atoms with E-state index in [4.69, 9.17) is 0 Å². The van der Waals surface area contributed by atoms with Crippen molar-refractivity contribution in [3.05, 3.63) is 199 Å². The van der Waals surface area contributed by atoms with Gasteiger partial charge in [-0.05, 0) is 110 Å². The van der Waals surface area contributed by atoms with Crippen molar-refractivity contribution in [1.82, 2.24) is 0 Å². The van der Waals surface area contributed by atoms with E-state index in [1.807, 2.05) is 0 Å². The lowest BCUT2D eigenvalue weighted by atomic mass is 9.92. The van der Waals surface area contributed by atoms with E-state index >= 15 is 0 Å². The van der Waals surface area contributed by atoms with E-state index in [9.17, 15) is 0 Å². The molecule has 0 aliphatic rings. The maximum atomic E-state index is 2.46. The summed E-state index contributed by atoms with van der Waals surface area (Å²) < 4.78 is 0. The van der Waals surface area contributed by atoms with Crippen LogP contribution in [0.15, 0.2) is 188 Å². The predicted molar refractivity (Wildman–Crippen MR) is 219 cm³/mol. The molecule has 0 saturated carbocycles. The van der Waals surface area contributed by atoms with Gasteiger partial charge >= 0.3 is 0 Å². The lowest BCUT2D eigenvalue weighted by Crippen LogP contribution is -2.12. The van der Waals surface area contributed by atoms with Crippen molar-refractivity contribution in [3.63, 3.8) is 0 Å². The molecule has 0 spiro atoms. The highest BCUT2D eigenvalue weighted by atomic mass is 15.1.